The van der Waals surface area contributed by atoms with Crippen molar-refractivity contribution < 1.29 is 21.0 Å². The summed E-state index contributed by atoms with van der Waals surface area (Å²) in [6.07, 6.45) is 3.17. The summed E-state index contributed by atoms with van der Waals surface area (Å²) in [7, 11) is -6.00. The number of nitrogens with zero attached hydrogens (tertiary/aromatic N) is 2. The Balaban J connectivity index is 1.54. The molecule has 7 nitrogen and oxygen atoms in total. The molecular formula is C27H23BN2O5S2. The maximum atomic E-state index is 13.5. The summed E-state index contributed by atoms with van der Waals surface area (Å²) in [5, 5.41) is 0.664. The number of pyridine rings is 1. The summed E-state index contributed by atoms with van der Waals surface area (Å²) in [6.45, 7) is 3.76. The largest absolute Gasteiger partial charge is 0.379 e. The van der Waals surface area contributed by atoms with Gasteiger partial charge < -0.3 is 4.18 Å². The van der Waals surface area contributed by atoms with Crippen LogP contribution in [0.4, 0.5) is 0 Å². The van der Waals surface area contributed by atoms with Crippen LogP contribution in [0.15, 0.2) is 101 Å². The van der Waals surface area contributed by atoms with Gasteiger partial charge in [-0.3, -0.25) is 0 Å². The van der Waals surface area contributed by atoms with E-state index in [-0.39, 0.29) is 15.5 Å². The van der Waals surface area contributed by atoms with E-state index in [4.69, 9.17) is 4.18 Å². The first-order chi connectivity index (χ1) is 17.5. The van der Waals surface area contributed by atoms with E-state index >= 15 is 0 Å². The molecule has 0 aliphatic carbocycles. The zero-order valence-corrected chi connectivity index (χ0v) is 22.0. The van der Waals surface area contributed by atoms with Gasteiger partial charge in [0, 0.05) is 23.3 Å². The first kappa shape index (κ1) is 24.8. The Morgan fingerprint density at radius 2 is 1.35 bits per heavy atom. The molecule has 0 saturated carbocycles. The molecule has 186 valence electrons. The fourth-order valence-electron chi connectivity index (χ4n) is 3.99. The number of hydrogen-bond donors (Lipinski definition) is 0. The van der Waals surface area contributed by atoms with E-state index in [0.717, 1.165) is 16.6 Å². The highest BCUT2D eigenvalue weighted by molar-refractivity contribution is 7.90. The van der Waals surface area contributed by atoms with Crippen LogP contribution in [0.5, 0.6) is 5.75 Å². The Morgan fingerprint density at radius 3 is 1.95 bits per heavy atom. The molecule has 0 fully saturated rings. The highest BCUT2D eigenvalue weighted by atomic mass is 32.2. The molecular weight excluding hydrogens is 507 g/mol. The van der Waals surface area contributed by atoms with Gasteiger partial charge in [0.1, 0.15) is 18.5 Å². The number of rotatable bonds is 6. The van der Waals surface area contributed by atoms with Crippen LogP contribution in [0.3, 0.4) is 0 Å². The molecule has 0 unspecified atom stereocenters. The Morgan fingerprint density at radius 1 is 0.784 bits per heavy atom. The van der Waals surface area contributed by atoms with Crippen molar-refractivity contribution in [2.24, 2.45) is 0 Å². The zero-order chi connectivity index (χ0) is 26.4. The number of benzene rings is 3. The van der Waals surface area contributed by atoms with Crippen molar-refractivity contribution in [1.82, 2.24) is 8.96 Å². The van der Waals surface area contributed by atoms with Crippen LogP contribution in [-0.4, -0.2) is 33.6 Å². The summed E-state index contributed by atoms with van der Waals surface area (Å²) in [5.41, 5.74) is 4.42. The van der Waals surface area contributed by atoms with Crippen molar-refractivity contribution >= 4 is 44.5 Å². The number of hydrogen-bond acceptors (Lipinski definition) is 6. The molecule has 0 aliphatic heterocycles. The van der Waals surface area contributed by atoms with Gasteiger partial charge in [-0.05, 0) is 55.8 Å². The first-order valence-electron chi connectivity index (χ1n) is 11.5. The van der Waals surface area contributed by atoms with Crippen molar-refractivity contribution in [3.63, 3.8) is 0 Å². The second kappa shape index (κ2) is 9.21. The SMILES string of the molecule is Bc1cnc2c(c1)c(-c1ccc(OS(=O)(=O)c3ccc(C)cc3)cc1)cn2S(=O)(=O)c1ccc(C)cc1. The molecule has 0 saturated heterocycles. The number of fused-ring (bicyclic) bond motifs is 1. The van der Waals surface area contributed by atoms with Gasteiger partial charge in [-0.1, -0.05) is 59.1 Å². The predicted octanol–water partition coefficient (Wildman–Crippen LogP) is 3.58. The second-order valence-electron chi connectivity index (χ2n) is 8.92. The van der Waals surface area contributed by atoms with Crippen molar-refractivity contribution in [1.29, 1.82) is 0 Å². The average molecular weight is 530 g/mol. The standard InChI is InChI=1S/C27H23BN2O5S2/c1-18-3-11-23(12-4-18)36(31,32)30-17-26(25-15-21(28)16-29-27(25)30)20-7-9-22(10-8-20)35-37(33,34)24-13-5-19(2)6-14-24/h3-17H,28H2,1-2H3. The van der Waals surface area contributed by atoms with Crippen LogP contribution < -0.4 is 9.65 Å². The molecule has 0 bridgehead atoms. The van der Waals surface area contributed by atoms with Gasteiger partial charge in [0.2, 0.25) is 0 Å². The fraction of sp³-hybridized carbons (Fsp3) is 0.0741. The molecule has 3 aromatic carbocycles. The van der Waals surface area contributed by atoms with Crippen molar-refractivity contribution in [2.45, 2.75) is 23.6 Å². The molecule has 0 N–H and O–H groups in total. The van der Waals surface area contributed by atoms with E-state index in [9.17, 15) is 16.8 Å². The van der Waals surface area contributed by atoms with Gasteiger partial charge in [-0.15, -0.1) is 0 Å². The molecule has 5 rings (SSSR count). The van der Waals surface area contributed by atoms with Gasteiger partial charge in [0.15, 0.2) is 5.65 Å². The Kier molecular flexibility index (Phi) is 6.17. The minimum Gasteiger partial charge on any atom is -0.379 e. The summed E-state index contributed by atoms with van der Waals surface area (Å²) in [5.74, 6) is 0.148. The van der Waals surface area contributed by atoms with Gasteiger partial charge >= 0.3 is 10.1 Å². The molecule has 2 aromatic heterocycles. The Hall–Kier alpha value is -3.89. The van der Waals surface area contributed by atoms with Gasteiger partial charge in [-0.2, -0.15) is 8.42 Å². The lowest BCUT2D eigenvalue weighted by Crippen LogP contribution is -2.13. The third-order valence-electron chi connectivity index (χ3n) is 6.01. The van der Waals surface area contributed by atoms with Crippen molar-refractivity contribution in [3.8, 4) is 16.9 Å². The van der Waals surface area contributed by atoms with Crippen LogP contribution in [0.2, 0.25) is 0 Å². The van der Waals surface area contributed by atoms with E-state index in [1.165, 1.54) is 16.1 Å². The van der Waals surface area contributed by atoms with E-state index in [1.807, 2.05) is 27.8 Å². The second-order valence-corrected chi connectivity index (χ2v) is 12.3. The minimum atomic E-state index is -3.99. The van der Waals surface area contributed by atoms with Gasteiger partial charge in [0.25, 0.3) is 10.0 Å². The maximum absolute atomic E-state index is 13.5. The van der Waals surface area contributed by atoms with E-state index < -0.39 is 20.1 Å². The summed E-state index contributed by atoms with van der Waals surface area (Å²) < 4.78 is 58.8. The lowest BCUT2D eigenvalue weighted by atomic mass is 9.96. The number of aromatic nitrogens is 2. The highest BCUT2D eigenvalue weighted by Gasteiger charge is 2.23. The Bertz CT molecular complexity index is 1830. The monoisotopic (exact) mass is 530 g/mol. The van der Waals surface area contributed by atoms with E-state index in [2.05, 4.69) is 4.98 Å². The third-order valence-corrected chi connectivity index (χ3v) is 8.93. The lowest BCUT2D eigenvalue weighted by molar-refractivity contribution is 0.486. The smallest absolute Gasteiger partial charge is 0.339 e. The topological polar surface area (TPSA) is 95.3 Å². The summed E-state index contributed by atoms with van der Waals surface area (Å²) in [6, 6.07) is 21.4. The molecule has 0 spiro atoms. The minimum absolute atomic E-state index is 0.0631. The molecule has 0 atom stereocenters. The van der Waals surface area contributed by atoms with Crippen LogP contribution >= 0.6 is 0 Å². The molecule has 0 amide bonds. The quantitative estimate of drug-likeness (QED) is 0.246. The molecule has 10 heteroatoms. The van der Waals surface area contributed by atoms with Gasteiger partial charge in [-0.25, -0.2) is 17.4 Å². The maximum Gasteiger partial charge on any atom is 0.339 e. The molecule has 0 radical (unpaired) electrons. The van der Waals surface area contributed by atoms with Crippen LogP contribution in [0.25, 0.3) is 22.2 Å². The van der Waals surface area contributed by atoms with E-state index in [0.29, 0.717) is 22.2 Å². The summed E-state index contributed by atoms with van der Waals surface area (Å²) in [4.78, 5) is 4.65. The van der Waals surface area contributed by atoms with Crippen LogP contribution in [0.1, 0.15) is 11.1 Å². The highest BCUT2D eigenvalue weighted by Crippen LogP contribution is 2.33. The summed E-state index contributed by atoms with van der Waals surface area (Å²) >= 11 is 0. The zero-order valence-electron chi connectivity index (χ0n) is 20.4. The molecule has 5 aromatic rings. The Labute approximate surface area is 217 Å². The normalized spacial score (nSPS) is 12.1. The molecule has 2 heterocycles. The fourth-order valence-corrected chi connectivity index (χ4v) is 6.25. The average Bonchev–Trinajstić information content (AvgIpc) is 3.24. The van der Waals surface area contributed by atoms with Crippen molar-refractivity contribution in [2.75, 3.05) is 0 Å². The van der Waals surface area contributed by atoms with Crippen LogP contribution in [0, 0.1) is 13.8 Å². The number of aryl methyl sites for hydroxylation is 2. The molecule has 37 heavy (non-hydrogen) atoms. The van der Waals surface area contributed by atoms with E-state index in [1.54, 1.807) is 73.1 Å². The predicted molar refractivity (Wildman–Crippen MR) is 146 cm³/mol. The van der Waals surface area contributed by atoms with Crippen molar-refractivity contribution in [3.05, 3.63) is 102 Å². The van der Waals surface area contributed by atoms with Gasteiger partial charge in [0.05, 0.1) is 4.90 Å². The molecule has 0 aliphatic rings. The van der Waals surface area contributed by atoms with Crippen LogP contribution in [-0.2, 0) is 20.1 Å². The third kappa shape index (κ3) is 4.77. The first-order valence-corrected chi connectivity index (χ1v) is 14.3. The lowest BCUT2D eigenvalue weighted by Gasteiger charge is -2.08.